The predicted octanol–water partition coefficient (Wildman–Crippen LogP) is 1.52. The fourth-order valence-corrected chi connectivity index (χ4v) is 1.50. The number of non-ortho nitro benzene ring substituents is 1. The number of rotatable bonds is 6. The second-order valence-electron chi connectivity index (χ2n) is 4.12. The molecule has 1 N–H and O–H groups in total. The molecule has 1 amide bonds. The van der Waals surface area contributed by atoms with Crippen LogP contribution in [0, 0.1) is 10.1 Å². The summed E-state index contributed by atoms with van der Waals surface area (Å²) < 4.78 is 5.16. The van der Waals surface area contributed by atoms with Gasteiger partial charge in [0.15, 0.2) is 6.61 Å². The zero-order valence-electron chi connectivity index (χ0n) is 11.4. The molecule has 0 bridgehead atoms. The number of hydrogen-bond acceptors (Lipinski definition) is 6. The number of aromatic nitrogens is 1. The van der Waals surface area contributed by atoms with Crippen LogP contribution in [0.2, 0.25) is 0 Å². The minimum atomic E-state index is -0.536. The molecule has 2 rings (SSSR count). The molecule has 1 heterocycles. The van der Waals surface area contributed by atoms with Crippen molar-refractivity contribution in [3.63, 3.8) is 0 Å². The van der Waals surface area contributed by atoms with Gasteiger partial charge < -0.3 is 4.74 Å². The number of nitro groups is 1. The third-order valence-corrected chi connectivity index (χ3v) is 2.51. The Hall–Kier alpha value is -3.29. The van der Waals surface area contributed by atoms with Gasteiger partial charge in [-0.2, -0.15) is 5.10 Å². The van der Waals surface area contributed by atoms with E-state index in [0.29, 0.717) is 0 Å². The van der Waals surface area contributed by atoms with Crippen LogP contribution in [0.4, 0.5) is 5.69 Å². The average Bonchev–Trinajstić information content (AvgIpc) is 2.54. The number of amides is 1. The van der Waals surface area contributed by atoms with Gasteiger partial charge in [0.1, 0.15) is 5.75 Å². The van der Waals surface area contributed by atoms with Gasteiger partial charge in [0.05, 0.1) is 17.2 Å². The lowest BCUT2D eigenvalue weighted by molar-refractivity contribution is -0.384. The Balaban J connectivity index is 1.82. The molecule has 2 aromatic rings. The van der Waals surface area contributed by atoms with Crippen LogP contribution in [0.1, 0.15) is 5.56 Å². The summed E-state index contributed by atoms with van der Waals surface area (Å²) in [6.45, 7) is -0.297. The normalized spacial score (nSPS) is 10.4. The van der Waals surface area contributed by atoms with Gasteiger partial charge >= 0.3 is 0 Å². The van der Waals surface area contributed by atoms with Crippen molar-refractivity contribution in [3.8, 4) is 5.75 Å². The topological polar surface area (TPSA) is 107 Å². The molecular weight excluding hydrogens is 288 g/mol. The summed E-state index contributed by atoms with van der Waals surface area (Å²) in [4.78, 5) is 25.5. The second kappa shape index (κ2) is 7.48. The van der Waals surface area contributed by atoms with E-state index in [-0.39, 0.29) is 18.0 Å². The Kier molecular flexibility index (Phi) is 5.14. The molecule has 0 aliphatic rings. The lowest BCUT2D eigenvalue weighted by atomic mass is 10.3. The molecule has 0 saturated heterocycles. The van der Waals surface area contributed by atoms with Crippen molar-refractivity contribution < 1.29 is 14.5 Å². The number of benzene rings is 1. The molecule has 0 aliphatic carbocycles. The first-order chi connectivity index (χ1) is 10.6. The summed E-state index contributed by atoms with van der Waals surface area (Å²) in [5.41, 5.74) is 2.97. The van der Waals surface area contributed by atoms with Crippen molar-refractivity contribution >= 4 is 17.8 Å². The highest BCUT2D eigenvalue weighted by Gasteiger charge is 2.07. The zero-order chi connectivity index (χ0) is 15.8. The SMILES string of the molecule is O=C(COc1cccc([N+](=O)[O-])c1)N/N=C/c1ccncc1. The zero-order valence-corrected chi connectivity index (χ0v) is 11.4. The minimum Gasteiger partial charge on any atom is -0.483 e. The first-order valence-corrected chi connectivity index (χ1v) is 6.24. The van der Waals surface area contributed by atoms with E-state index >= 15 is 0 Å². The number of nitrogens with zero attached hydrogens (tertiary/aromatic N) is 3. The van der Waals surface area contributed by atoms with Gasteiger partial charge in [0, 0.05) is 18.5 Å². The largest absolute Gasteiger partial charge is 0.483 e. The van der Waals surface area contributed by atoms with Crippen LogP contribution >= 0.6 is 0 Å². The highest BCUT2D eigenvalue weighted by Crippen LogP contribution is 2.18. The van der Waals surface area contributed by atoms with Gasteiger partial charge in [-0.25, -0.2) is 5.43 Å². The molecule has 8 heteroatoms. The summed E-state index contributed by atoms with van der Waals surface area (Å²) in [5.74, 6) is -0.237. The van der Waals surface area contributed by atoms with Crippen molar-refractivity contribution in [3.05, 3.63) is 64.5 Å². The number of carbonyl (C=O) groups is 1. The molecule has 1 aromatic carbocycles. The highest BCUT2D eigenvalue weighted by atomic mass is 16.6. The molecule has 22 heavy (non-hydrogen) atoms. The number of nitro benzene ring substituents is 1. The Labute approximate surface area is 125 Å². The number of nitrogens with one attached hydrogen (secondary N) is 1. The van der Waals surface area contributed by atoms with Gasteiger partial charge in [-0.15, -0.1) is 0 Å². The monoisotopic (exact) mass is 300 g/mol. The van der Waals surface area contributed by atoms with Gasteiger partial charge in [-0.3, -0.25) is 19.9 Å². The molecule has 0 aliphatic heterocycles. The third kappa shape index (κ3) is 4.67. The first-order valence-electron chi connectivity index (χ1n) is 6.24. The lowest BCUT2D eigenvalue weighted by Crippen LogP contribution is -2.24. The summed E-state index contributed by atoms with van der Waals surface area (Å²) in [7, 11) is 0. The van der Waals surface area contributed by atoms with Crippen LogP contribution in [0.3, 0.4) is 0 Å². The number of ether oxygens (including phenoxy) is 1. The molecule has 8 nitrogen and oxygen atoms in total. The summed E-state index contributed by atoms with van der Waals surface area (Å²) >= 11 is 0. The molecule has 112 valence electrons. The molecular formula is C14H12N4O4. The fraction of sp³-hybridized carbons (Fsp3) is 0.0714. The van der Waals surface area contributed by atoms with Crippen molar-refractivity contribution in [1.29, 1.82) is 0 Å². The van der Waals surface area contributed by atoms with Gasteiger partial charge in [0.25, 0.3) is 11.6 Å². The van der Waals surface area contributed by atoms with Crippen molar-refractivity contribution in [2.45, 2.75) is 0 Å². The molecule has 1 aromatic heterocycles. The van der Waals surface area contributed by atoms with E-state index in [2.05, 4.69) is 15.5 Å². The van der Waals surface area contributed by atoms with E-state index in [1.807, 2.05) is 0 Å². The van der Waals surface area contributed by atoms with Gasteiger partial charge in [0.2, 0.25) is 0 Å². The first kappa shape index (κ1) is 15.1. The maximum atomic E-state index is 11.5. The number of pyridine rings is 1. The second-order valence-corrected chi connectivity index (χ2v) is 4.12. The number of carbonyl (C=O) groups excluding carboxylic acids is 1. The van der Waals surface area contributed by atoms with E-state index in [9.17, 15) is 14.9 Å². The quantitative estimate of drug-likeness (QED) is 0.494. The van der Waals surface area contributed by atoms with E-state index in [0.717, 1.165) is 5.56 Å². The van der Waals surface area contributed by atoms with Gasteiger partial charge in [-0.1, -0.05) is 6.07 Å². The smallest absolute Gasteiger partial charge is 0.277 e. The average molecular weight is 300 g/mol. The summed E-state index contributed by atoms with van der Waals surface area (Å²) in [5, 5.41) is 14.4. The Morgan fingerprint density at radius 2 is 2.14 bits per heavy atom. The standard InChI is InChI=1S/C14H12N4O4/c19-14(17-16-9-11-4-6-15-7-5-11)10-22-13-3-1-2-12(8-13)18(20)21/h1-9H,10H2,(H,17,19)/b16-9+. The highest BCUT2D eigenvalue weighted by molar-refractivity contribution is 5.82. The molecule has 0 fully saturated rings. The van der Waals surface area contributed by atoms with Crippen LogP contribution < -0.4 is 10.2 Å². The summed E-state index contributed by atoms with van der Waals surface area (Å²) in [6.07, 6.45) is 4.68. The van der Waals surface area contributed by atoms with Crippen LogP contribution in [0.15, 0.2) is 53.9 Å². The number of hydrogen-bond donors (Lipinski definition) is 1. The minimum absolute atomic E-state index is 0.103. The van der Waals surface area contributed by atoms with E-state index in [1.165, 1.54) is 30.5 Å². The Morgan fingerprint density at radius 1 is 1.36 bits per heavy atom. The third-order valence-electron chi connectivity index (χ3n) is 2.51. The van der Waals surface area contributed by atoms with Crippen LogP contribution in [0.5, 0.6) is 5.75 Å². The van der Waals surface area contributed by atoms with Crippen molar-refractivity contribution in [2.75, 3.05) is 6.61 Å². The number of hydrazone groups is 1. The van der Waals surface area contributed by atoms with E-state index in [1.54, 1.807) is 24.5 Å². The van der Waals surface area contributed by atoms with Crippen molar-refractivity contribution in [1.82, 2.24) is 10.4 Å². The van der Waals surface area contributed by atoms with Crippen LogP contribution in [-0.4, -0.2) is 28.6 Å². The van der Waals surface area contributed by atoms with Crippen molar-refractivity contribution in [2.24, 2.45) is 5.10 Å². The maximum Gasteiger partial charge on any atom is 0.277 e. The van der Waals surface area contributed by atoms with E-state index in [4.69, 9.17) is 4.74 Å². The maximum absolute atomic E-state index is 11.5. The van der Waals surface area contributed by atoms with Crippen LogP contribution in [0.25, 0.3) is 0 Å². The summed E-state index contributed by atoms with van der Waals surface area (Å²) in [6, 6.07) is 9.05. The Bertz CT molecular complexity index is 688. The van der Waals surface area contributed by atoms with Crippen LogP contribution in [-0.2, 0) is 4.79 Å². The predicted molar refractivity (Wildman–Crippen MR) is 78.6 cm³/mol. The molecule has 0 radical (unpaired) electrons. The van der Waals surface area contributed by atoms with Gasteiger partial charge in [-0.05, 0) is 23.8 Å². The molecule has 0 saturated carbocycles. The van der Waals surface area contributed by atoms with E-state index < -0.39 is 10.8 Å². The fourth-order valence-electron chi connectivity index (χ4n) is 1.50. The molecule has 0 spiro atoms. The molecule has 0 atom stereocenters. The molecule has 0 unspecified atom stereocenters. The lowest BCUT2D eigenvalue weighted by Gasteiger charge is -2.04. The Morgan fingerprint density at radius 3 is 2.86 bits per heavy atom.